The molecule has 3 fully saturated rings. The largest absolute Gasteiger partial charge is 0.379 e. The van der Waals surface area contributed by atoms with E-state index in [1.165, 1.54) is 12.0 Å². The van der Waals surface area contributed by atoms with E-state index < -0.39 is 0 Å². The molecule has 3 aliphatic rings. The molecule has 5 nitrogen and oxygen atoms in total. The van der Waals surface area contributed by atoms with Crippen molar-refractivity contribution in [2.45, 2.75) is 45.2 Å². The lowest BCUT2D eigenvalue weighted by molar-refractivity contribution is -0.155. The number of rotatable bonds is 5. The molecule has 2 heterocycles. The molecule has 2 aliphatic heterocycles. The van der Waals surface area contributed by atoms with Gasteiger partial charge in [-0.15, -0.1) is 0 Å². The van der Waals surface area contributed by atoms with Gasteiger partial charge in [0.25, 0.3) is 0 Å². The van der Waals surface area contributed by atoms with Gasteiger partial charge in [0.15, 0.2) is 0 Å². The van der Waals surface area contributed by atoms with E-state index in [-0.39, 0.29) is 5.41 Å². The molecule has 0 spiro atoms. The van der Waals surface area contributed by atoms with Gasteiger partial charge in [0.05, 0.1) is 18.6 Å². The Labute approximate surface area is 176 Å². The fourth-order valence-electron chi connectivity index (χ4n) is 5.92. The first-order chi connectivity index (χ1) is 14.1. The molecular weight excluding hydrogens is 362 g/mol. The summed E-state index contributed by atoms with van der Waals surface area (Å²) in [5.74, 6) is 0.863. The van der Waals surface area contributed by atoms with E-state index in [0.717, 1.165) is 65.2 Å². The Hall–Kier alpha value is -1.43. The highest BCUT2D eigenvalue weighted by atomic mass is 16.5. The third-order valence-electron chi connectivity index (χ3n) is 7.61. The number of hydrogen-bond donors (Lipinski definition) is 0. The number of morpholine rings is 1. The smallest absolute Gasteiger partial charge is 0.230 e. The van der Waals surface area contributed by atoms with Crippen LogP contribution < -0.4 is 0 Å². The molecule has 3 atom stereocenters. The van der Waals surface area contributed by atoms with Gasteiger partial charge in [0.2, 0.25) is 5.91 Å². The van der Waals surface area contributed by atoms with Crippen molar-refractivity contribution < 1.29 is 9.53 Å². The Bertz CT molecular complexity index is 676. The van der Waals surface area contributed by atoms with Gasteiger partial charge in [-0.3, -0.25) is 9.69 Å². The summed E-state index contributed by atoms with van der Waals surface area (Å²) < 4.78 is 5.56. The van der Waals surface area contributed by atoms with Crippen molar-refractivity contribution in [2.75, 3.05) is 53.0 Å². The maximum Gasteiger partial charge on any atom is 0.230 e. The van der Waals surface area contributed by atoms with E-state index in [9.17, 15) is 4.79 Å². The molecule has 0 aromatic heterocycles. The second-order valence-electron chi connectivity index (χ2n) is 9.23. The maximum atomic E-state index is 13.9. The van der Waals surface area contributed by atoms with Crippen LogP contribution in [0.2, 0.25) is 0 Å². The van der Waals surface area contributed by atoms with E-state index in [4.69, 9.17) is 4.74 Å². The minimum absolute atomic E-state index is 0.208. The van der Waals surface area contributed by atoms with Crippen LogP contribution in [0.3, 0.4) is 0 Å². The summed E-state index contributed by atoms with van der Waals surface area (Å²) in [5.41, 5.74) is 1.00. The average molecular weight is 400 g/mol. The minimum atomic E-state index is -0.208. The van der Waals surface area contributed by atoms with Crippen LogP contribution in [0.5, 0.6) is 0 Å². The van der Waals surface area contributed by atoms with Crippen molar-refractivity contribution in [1.29, 1.82) is 0 Å². The van der Waals surface area contributed by atoms with E-state index in [1.807, 2.05) is 18.0 Å². The van der Waals surface area contributed by atoms with Gasteiger partial charge in [0.1, 0.15) is 0 Å². The van der Waals surface area contributed by atoms with Gasteiger partial charge in [-0.1, -0.05) is 37.3 Å². The number of fused-ring (bicyclic) bond motifs is 1. The van der Waals surface area contributed by atoms with E-state index in [0.29, 0.717) is 24.4 Å². The lowest BCUT2D eigenvalue weighted by Gasteiger charge is -2.54. The monoisotopic (exact) mass is 399 g/mol. The van der Waals surface area contributed by atoms with Crippen LogP contribution in [0.1, 0.15) is 38.2 Å². The van der Waals surface area contributed by atoms with E-state index in [1.54, 1.807) is 0 Å². The quantitative estimate of drug-likeness (QED) is 0.763. The van der Waals surface area contributed by atoms with Gasteiger partial charge < -0.3 is 14.5 Å². The van der Waals surface area contributed by atoms with Crippen LogP contribution in [-0.4, -0.2) is 79.6 Å². The number of carbonyl (C=O) groups excluding carboxylic acids is 1. The molecule has 1 saturated carbocycles. The van der Waals surface area contributed by atoms with Gasteiger partial charge in [-0.2, -0.15) is 0 Å². The fraction of sp³-hybridized carbons (Fsp3) is 0.708. The third-order valence-corrected chi connectivity index (χ3v) is 7.61. The third kappa shape index (κ3) is 4.37. The van der Waals surface area contributed by atoms with Crippen LogP contribution in [0.15, 0.2) is 30.3 Å². The molecule has 1 aliphatic carbocycles. The summed E-state index contributed by atoms with van der Waals surface area (Å²) in [7, 11) is 2.00. The first kappa shape index (κ1) is 20.8. The molecule has 0 radical (unpaired) electrons. The van der Waals surface area contributed by atoms with Gasteiger partial charge in [0, 0.05) is 39.3 Å². The lowest BCUT2D eigenvalue weighted by atomic mass is 9.60. The number of amides is 1. The highest BCUT2D eigenvalue weighted by Crippen LogP contribution is 2.48. The molecule has 5 heteroatoms. The Balaban J connectivity index is 1.51. The summed E-state index contributed by atoms with van der Waals surface area (Å²) in [6.45, 7) is 9.84. The molecule has 4 rings (SSSR count). The SMILES string of the molecule is CCN1CC[C@@H]2C[C@@H](N3CCOCC3)CC[C@@]2(C(=O)N(C)Cc2ccccc2)C1. The molecular formula is C24H37N3O2. The summed E-state index contributed by atoms with van der Waals surface area (Å²) in [5, 5.41) is 0. The average Bonchev–Trinajstić information content (AvgIpc) is 2.79. The Morgan fingerprint density at radius 2 is 1.93 bits per heavy atom. The zero-order valence-electron chi connectivity index (χ0n) is 18.2. The first-order valence-corrected chi connectivity index (χ1v) is 11.5. The number of benzene rings is 1. The van der Waals surface area contributed by atoms with Crippen LogP contribution in [0.25, 0.3) is 0 Å². The van der Waals surface area contributed by atoms with Gasteiger partial charge in [-0.25, -0.2) is 0 Å². The predicted octanol–water partition coefficient (Wildman–Crippen LogP) is 2.86. The number of piperidine rings is 1. The van der Waals surface area contributed by atoms with Crippen molar-refractivity contribution in [3.63, 3.8) is 0 Å². The number of carbonyl (C=O) groups is 1. The molecule has 0 N–H and O–H groups in total. The lowest BCUT2D eigenvalue weighted by Crippen LogP contribution is -2.60. The minimum Gasteiger partial charge on any atom is -0.379 e. The molecule has 0 unspecified atom stereocenters. The van der Waals surface area contributed by atoms with Crippen molar-refractivity contribution in [3.8, 4) is 0 Å². The van der Waals surface area contributed by atoms with E-state index in [2.05, 4.69) is 41.0 Å². The van der Waals surface area contributed by atoms with Gasteiger partial charge >= 0.3 is 0 Å². The summed E-state index contributed by atoms with van der Waals surface area (Å²) in [4.78, 5) is 21.0. The zero-order chi connectivity index (χ0) is 20.3. The summed E-state index contributed by atoms with van der Waals surface area (Å²) in [6, 6.07) is 11.0. The van der Waals surface area contributed by atoms with Crippen LogP contribution >= 0.6 is 0 Å². The molecule has 2 saturated heterocycles. The van der Waals surface area contributed by atoms with Crippen molar-refractivity contribution >= 4 is 5.91 Å². The van der Waals surface area contributed by atoms with Crippen molar-refractivity contribution in [2.24, 2.45) is 11.3 Å². The fourth-order valence-corrected chi connectivity index (χ4v) is 5.92. The summed E-state index contributed by atoms with van der Waals surface area (Å²) >= 11 is 0. The summed E-state index contributed by atoms with van der Waals surface area (Å²) in [6.07, 6.45) is 4.48. The Kier molecular flexibility index (Phi) is 6.57. The van der Waals surface area contributed by atoms with Gasteiger partial charge in [-0.05, 0) is 50.3 Å². The Morgan fingerprint density at radius 1 is 1.17 bits per heavy atom. The molecule has 160 valence electrons. The van der Waals surface area contributed by atoms with Crippen molar-refractivity contribution in [3.05, 3.63) is 35.9 Å². The molecule has 1 aromatic rings. The first-order valence-electron chi connectivity index (χ1n) is 11.5. The number of nitrogens with zero attached hydrogens (tertiary/aromatic N) is 3. The maximum absolute atomic E-state index is 13.9. The molecule has 29 heavy (non-hydrogen) atoms. The second-order valence-corrected chi connectivity index (χ2v) is 9.23. The normalized spacial score (nSPS) is 31.2. The number of ether oxygens (including phenoxy) is 1. The Morgan fingerprint density at radius 3 is 2.66 bits per heavy atom. The second kappa shape index (κ2) is 9.15. The van der Waals surface area contributed by atoms with E-state index >= 15 is 0 Å². The molecule has 0 bridgehead atoms. The van der Waals surface area contributed by atoms with Crippen LogP contribution in [0, 0.1) is 11.3 Å². The zero-order valence-corrected chi connectivity index (χ0v) is 18.2. The predicted molar refractivity (Wildman–Crippen MR) is 116 cm³/mol. The standard InChI is InChI=1S/C24H37N3O2/c1-3-26-12-10-21-17-22(27-13-15-29-16-14-27)9-11-24(21,19-26)23(28)25(2)18-20-7-5-4-6-8-20/h4-8,21-22H,3,9-19H2,1-2H3/t21-,22+,24-/m1/s1. The topological polar surface area (TPSA) is 36.0 Å². The number of hydrogen-bond acceptors (Lipinski definition) is 4. The van der Waals surface area contributed by atoms with Crippen LogP contribution in [0.4, 0.5) is 0 Å². The van der Waals surface area contributed by atoms with Crippen LogP contribution in [-0.2, 0) is 16.1 Å². The number of likely N-dealkylation sites (tertiary alicyclic amines) is 1. The molecule has 1 amide bonds. The van der Waals surface area contributed by atoms with Crippen molar-refractivity contribution in [1.82, 2.24) is 14.7 Å². The molecule has 1 aromatic carbocycles. The highest BCUT2D eigenvalue weighted by molar-refractivity contribution is 5.83. The highest BCUT2D eigenvalue weighted by Gasteiger charge is 2.53.